The molecular formula is C17H25ClO4. The van der Waals surface area contributed by atoms with Crippen LogP contribution in [0.2, 0.25) is 5.02 Å². The summed E-state index contributed by atoms with van der Waals surface area (Å²) in [6, 6.07) is 7.58. The lowest BCUT2D eigenvalue weighted by Gasteiger charge is -2.38. The van der Waals surface area contributed by atoms with Gasteiger partial charge in [-0.05, 0) is 24.5 Å². The van der Waals surface area contributed by atoms with Crippen LogP contribution in [0.4, 0.5) is 0 Å². The standard InChI is InChI=1S/C17H25ClO4/c1-3-7-16-21-11-15(17(22-16)14(19)4-2)20-10-12-8-5-6-9-13(12)18/h5-6,8-9,14-17,19H,3-4,7,10-11H2,1-2H3/t14?,15-,16+,17-/m1/s1. The van der Waals surface area contributed by atoms with Crippen LogP contribution < -0.4 is 0 Å². The summed E-state index contributed by atoms with van der Waals surface area (Å²) in [5.74, 6) is 0. The van der Waals surface area contributed by atoms with E-state index in [1.807, 2.05) is 31.2 Å². The zero-order chi connectivity index (χ0) is 15.9. The van der Waals surface area contributed by atoms with Gasteiger partial charge in [-0.3, -0.25) is 0 Å². The van der Waals surface area contributed by atoms with E-state index in [9.17, 15) is 5.11 Å². The summed E-state index contributed by atoms with van der Waals surface area (Å²) in [7, 11) is 0. The van der Waals surface area contributed by atoms with E-state index in [-0.39, 0.29) is 18.5 Å². The van der Waals surface area contributed by atoms with Gasteiger partial charge in [-0.25, -0.2) is 0 Å². The van der Waals surface area contributed by atoms with Gasteiger partial charge in [-0.1, -0.05) is 50.1 Å². The average Bonchev–Trinajstić information content (AvgIpc) is 2.54. The first-order chi connectivity index (χ1) is 10.7. The van der Waals surface area contributed by atoms with Crippen molar-refractivity contribution in [3.63, 3.8) is 0 Å². The monoisotopic (exact) mass is 328 g/mol. The second-order valence-corrected chi connectivity index (χ2v) is 5.98. The minimum atomic E-state index is -0.556. The maximum absolute atomic E-state index is 10.2. The fraction of sp³-hybridized carbons (Fsp3) is 0.647. The lowest BCUT2D eigenvalue weighted by atomic mass is 10.0. The van der Waals surface area contributed by atoms with E-state index in [0.717, 1.165) is 18.4 Å². The highest BCUT2D eigenvalue weighted by Gasteiger charge is 2.36. The molecule has 0 amide bonds. The summed E-state index contributed by atoms with van der Waals surface area (Å²) in [5.41, 5.74) is 0.921. The van der Waals surface area contributed by atoms with Crippen molar-refractivity contribution in [2.75, 3.05) is 6.61 Å². The second-order valence-electron chi connectivity index (χ2n) is 5.57. The minimum absolute atomic E-state index is 0.253. The maximum atomic E-state index is 10.2. The summed E-state index contributed by atoms with van der Waals surface area (Å²) in [4.78, 5) is 0. The second kappa shape index (κ2) is 8.85. The number of rotatable bonds is 7. The fourth-order valence-corrected chi connectivity index (χ4v) is 2.70. The lowest BCUT2D eigenvalue weighted by Crippen LogP contribution is -2.50. The molecule has 1 saturated heterocycles. The summed E-state index contributed by atoms with van der Waals surface area (Å²) < 4.78 is 17.5. The number of aliphatic hydroxyl groups excluding tert-OH is 1. The van der Waals surface area contributed by atoms with Crippen LogP contribution in [0.15, 0.2) is 24.3 Å². The molecule has 1 unspecified atom stereocenters. The summed E-state index contributed by atoms with van der Waals surface area (Å²) in [5, 5.41) is 10.9. The third-order valence-electron chi connectivity index (χ3n) is 3.85. The lowest BCUT2D eigenvalue weighted by molar-refractivity contribution is -0.282. The molecule has 0 bridgehead atoms. The van der Waals surface area contributed by atoms with Crippen molar-refractivity contribution in [1.29, 1.82) is 0 Å². The highest BCUT2D eigenvalue weighted by molar-refractivity contribution is 6.31. The molecule has 1 heterocycles. The molecule has 22 heavy (non-hydrogen) atoms. The highest BCUT2D eigenvalue weighted by atomic mass is 35.5. The Kier molecular flexibility index (Phi) is 7.12. The number of hydrogen-bond donors (Lipinski definition) is 1. The molecule has 4 atom stereocenters. The number of ether oxygens (including phenoxy) is 3. The first-order valence-electron chi connectivity index (χ1n) is 7.95. The van der Waals surface area contributed by atoms with Gasteiger partial charge in [0, 0.05) is 5.02 Å². The Hall–Kier alpha value is -0.650. The first-order valence-corrected chi connectivity index (χ1v) is 8.33. The smallest absolute Gasteiger partial charge is 0.158 e. The molecule has 0 spiro atoms. The normalized spacial score (nSPS) is 26.8. The minimum Gasteiger partial charge on any atom is -0.390 e. The van der Waals surface area contributed by atoms with E-state index in [4.69, 9.17) is 25.8 Å². The molecule has 5 heteroatoms. The molecule has 0 aliphatic carbocycles. The number of halogens is 1. The molecule has 1 fully saturated rings. The van der Waals surface area contributed by atoms with E-state index in [0.29, 0.717) is 24.7 Å². The molecular weight excluding hydrogens is 304 g/mol. The van der Waals surface area contributed by atoms with Crippen LogP contribution in [-0.2, 0) is 20.8 Å². The zero-order valence-corrected chi connectivity index (χ0v) is 14.0. The Morgan fingerprint density at radius 1 is 1.36 bits per heavy atom. The zero-order valence-electron chi connectivity index (χ0n) is 13.2. The van der Waals surface area contributed by atoms with E-state index in [1.54, 1.807) is 0 Å². The van der Waals surface area contributed by atoms with Crippen LogP contribution in [0.3, 0.4) is 0 Å². The molecule has 1 aliphatic rings. The largest absolute Gasteiger partial charge is 0.390 e. The Morgan fingerprint density at radius 2 is 2.14 bits per heavy atom. The topological polar surface area (TPSA) is 47.9 Å². The van der Waals surface area contributed by atoms with Gasteiger partial charge in [0.2, 0.25) is 0 Å². The summed E-state index contributed by atoms with van der Waals surface area (Å²) in [6.07, 6.45) is 0.956. The predicted molar refractivity (Wildman–Crippen MR) is 85.8 cm³/mol. The van der Waals surface area contributed by atoms with Gasteiger partial charge in [0.15, 0.2) is 6.29 Å². The van der Waals surface area contributed by atoms with Crippen molar-refractivity contribution in [2.45, 2.75) is 64.3 Å². The third-order valence-corrected chi connectivity index (χ3v) is 4.22. The molecule has 0 radical (unpaired) electrons. The van der Waals surface area contributed by atoms with Gasteiger partial charge in [0.25, 0.3) is 0 Å². The van der Waals surface area contributed by atoms with Gasteiger partial charge in [0.1, 0.15) is 12.2 Å². The Bertz CT molecular complexity index is 454. The van der Waals surface area contributed by atoms with Gasteiger partial charge in [0.05, 0.1) is 19.3 Å². The molecule has 0 saturated carbocycles. The van der Waals surface area contributed by atoms with E-state index in [1.165, 1.54) is 0 Å². The fourth-order valence-electron chi connectivity index (χ4n) is 2.51. The summed E-state index contributed by atoms with van der Waals surface area (Å²) >= 11 is 6.14. The molecule has 124 valence electrons. The van der Waals surface area contributed by atoms with Crippen molar-refractivity contribution in [2.24, 2.45) is 0 Å². The van der Waals surface area contributed by atoms with Crippen molar-refractivity contribution in [3.05, 3.63) is 34.9 Å². The Morgan fingerprint density at radius 3 is 2.82 bits per heavy atom. The summed E-state index contributed by atoms with van der Waals surface area (Å²) in [6.45, 7) is 4.82. The van der Waals surface area contributed by atoms with Gasteiger partial charge in [-0.2, -0.15) is 0 Å². The SMILES string of the molecule is CCC[C@H]1OC[C@@H](OCc2ccccc2Cl)[C@@H](C(O)CC)O1. The van der Waals surface area contributed by atoms with Gasteiger partial charge >= 0.3 is 0 Å². The molecule has 0 aromatic heterocycles. The molecule has 4 nitrogen and oxygen atoms in total. The molecule has 1 aromatic rings. The van der Waals surface area contributed by atoms with Crippen molar-refractivity contribution in [3.8, 4) is 0 Å². The van der Waals surface area contributed by atoms with Gasteiger partial charge < -0.3 is 19.3 Å². The van der Waals surface area contributed by atoms with Crippen molar-refractivity contribution < 1.29 is 19.3 Å². The molecule has 1 aromatic carbocycles. The van der Waals surface area contributed by atoms with E-state index >= 15 is 0 Å². The molecule has 2 rings (SSSR count). The van der Waals surface area contributed by atoms with Crippen LogP contribution in [0.5, 0.6) is 0 Å². The van der Waals surface area contributed by atoms with E-state index < -0.39 is 6.10 Å². The molecule has 1 N–H and O–H groups in total. The maximum Gasteiger partial charge on any atom is 0.158 e. The van der Waals surface area contributed by atoms with Crippen molar-refractivity contribution in [1.82, 2.24) is 0 Å². The number of benzene rings is 1. The van der Waals surface area contributed by atoms with Gasteiger partial charge in [-0.15, -0.1) is 0 Å². The molecule has 1 aliphatic heterocycles. The van der Waals surface area contributed by atoms with Crippen LogP contribution in [0, 0.1) is 0 Å². The van der Waals surface area contributed by atoms with E-state index in [2.05, 4.69) is 6.92 Å². The Labute approximate surface area is 137 Å². The number of aliphatic hydroxyl groups is 1. The highest BCUT2D eigenvalue weighted by Crippen LogP contribution is 2.24. The van der Waals surface area contributed by atoms with Crippen molar-refractivity contribution >= 4 is 11.6 Å². The first kappa shape index (κ1) is 17.7. The van der Waals surface area contributed by atoms with Crippen LogP contribution in [0.25, 0.3) is 0 Å². The quantitative estimate of drug-likeness (QED) is 0.831. The number of hydrogen-bond acceptors (Lipinski definition) is 4. The Balaban J connectivity index is 1.97. The van der Waals surface area contributed by atoms with Crippen LogP contribution in [0.1, 0.15) is 38.7 Å². The average molecular weight is 329 g/mol. The predicted octanol–water partition coefficient (Wildman–Crippen LogP) is 3.54. The van der Waals surface area contributed by atoms with Crippen LogP contribution in [-0.4, -0.2) is 36.3 Å². The third kappa shape index (κ3) is 4.67. The van der Waals surface area contributed by atoms with Crippen LogP contribution >= 0.6 is 11.6 Å².